The summed E-state index contributed by atoms with van der Waals surface area (Å²) in [6.45, 7) is 19.1. The van der Waals surface area contributed by atoms with Crippen molar-refractivity contribution in [2.75, 3.05) is 117 Å². The molecule has 0 unspecified atom stereocenters. The Balaban J connectivity index is 0.00000607. The summed E-state index contributed by atoms with van der Waals surface area (Å²) in [5, 5.41) is 5.93. The second-order valence-electron chi connectivity index (χ2n) is 13.3. The van der Waals surface area contributed by atoms with Crippen molar-refractivity contribution < 1.29 is 38.1 Å². The van der Waals surface area contributed by atoms with Gasteiger partial charge in [0.1, 0.15) is 13.6 Å². The molecule has 0 radical (unpaired) electrons. The Morgan fingerprint density at radius 1 is 0.544 bits per heavy atom. The minimum Gasteiger partial charge on any atom is -0.355 e. The van der Waals surface area contributed by atoms with Gasteiger partial charge < -0.3 is 39.4 Å². The first-order valence-corrected chi connectivity index (χ1v) is 19.9. The molecule has 2 aromatic rings. The molecule has 2 N–H and O–H groups in total. The molecule has 0 aliphatic carbocycles. The summed E-state index contributed by atoms with van der Waals surface area (Å²) in [5.74, 6) is -0.602. The Morgan fingerprint density at radius 2 is 0.860 bits per heavy atom. The van der Waals surface area contributed by atoms with Crippen LogP contribution in [-0.4, -0.2) is 150 Å². The number of carbonyl (C=O) groups excluding carboxylic acids is 4. The van der Waals surface area contributed by atoms with Gasteiger partial charge in [0.2, 0.25) is 23.6 Å². The second-order valence-corrected chi connectivity index (χ2v) is 13.3. The van der Waals surface area contributed by atoms with Crippen LogP contribution in [0.4, 0.5) is 11.4 Å². The van der Waals surface area contributed by atoms with Crippen molar-refractivity contribution >= 4 is 35.0 Å². The minimum absolute atomic E-state index is 0. The predicted octanol–water partition coefficient (Wildman–Crippen LogP) is 5.48. The van der Waals surface area contributed by atoms with Crippen molar-refractivity contribution in [1.29, 1.82) is 0 Å². The van der Waals surface area contributed by atoms with E-state index in [1.165, 1.54) is 0 Å². The summed E-state index contributed by atoms with van der Waals surface area (Å²) >= 11 is 0. The fourth-order valence-corrected chi connectivity index (χ4v) is 5.79. The average molecular weight is 803 g/mol. The number of ether oxygens (including phenoxy) is 4. The number of benzene rings is 2. The zero-order valence-electron chi connectivity index (χ0n) is 35.8. The fraction of sp³-hybridized carbons (Fsp3) is 0.628. The normalized spacial score (nSPS) is 14.7. The van der Waals surface area contributed by atoms with E-state index in [2.05, 4.69) is 10.6 Å². The summed E-state index contributed by atoms with van der Waals surface area (Å²) in [6.07, 6.45) is 1.16. The van der Waals surface area contributed by atoms with Gasteiger partial charge in [0.25, 0.3) is 0 Å². The van der Waals surface area contributed by atoms with Crippen molar-refractivity contribution in [1.82, 2.24) is 19.6 Å². The van der Waals surface area contributed by atoms with E-state index in [4.69, 9.17) is 18.9 Å². The molecular formula is C43H74N6O8. The molecule has 4 amide bonds. The largest absolute Gasteiger partial charge is 0.355 e. The van der Waals surface area contributed by atoms with E-state index in [0.29, 0.717) is 52.2 Å². The van der Waals surface area contributed by atoms with Gasteiger partial charge in [-0.15, -0.1) is 0 Å². The molecule has 14 heteroatoms. The average Bonchev–Trinajstić information content (AvgIpc) is 3.16. The zero-order valence-corrected chi connectivity index (χ0v) is 35.8. The lowest BCUT2D eigenvalue weighted by molar-refractivity contribution is -0.137. The van der Waals surface area contributed by atoms with Crippen molar-refractivity contribution in [2.45, 2.75) is 75.7 Å². The molecule has 1 saturated heterocycles. The summed E-state index contributed by atoms with van der Waals surface area (Å²) in [6, 6.07) is 11.7. The molecule has 1 aliphatic heterocycles. The number of nitrogens with zero attached hydrogens (tertiary/aromatic N) is 4. The van der Waals surface area contributed by atoms with Crippen LogP contribution < -0.4 is 10.6 Å². The van der Waals surface area contributed by atoms with Crippen LogP contribution in [0.5, 0.6) is 0 Å². The summed E-state index contributed by atoms with van der Waals surface area (Å²) in [7, 11) is 3.49. The topological polar surface area (TPSA) is 142 Å². The van der Waals surface area contributed by atoms with Crippen LogP contribution in [0.1, 0.15) is 70.2 Å². The van der Waals surface area contributed by atoms with E-state index >= 15 is 0 Å². The Morgan fingerprint density at radius 3 is 1.19 bits per heavy atom. The number of likely N-dealkylation sites (N-methyl/N-ethyl adjacent to an activating group) is 2. The van der Waals surface area contributed by atoms with E-state index in [0.717, 1.165) is 33.6 Å². The van der Waals surface area contributed by atoms with Crippen molar-refractivity contribution in [2.24, 2.45) is 0 Å². The SMILES string of the molecule is C.CC.CC.Cc1cccc(C)c1NC(=O)CN(C)CC(=O)N1CCCOCOCCN(C(=O)CN(C)CC(=O)Nc2c(C)cccc2C)CCCOCOCC1. The highest BCUT2D eigenvalue weighted by Gasteiger charge is 2.20. The monoisotopic (exact) mass is 803 g/mol. The van der Waals surface area contributed by atoms with Crippen molar-refractivity contribution in [3.63, 3.8) is 0 Å². The van der Waals surface area contributed by atoms with Gasteiger partial charge in [0.15, 0.2) is 0 Å². The van der Waals surface area contributed by atoms with Crippen LogP contribution in [0.15, 0.2) is 36.4 Å². The van der Waals surface area contributed by atoms with E-state index in [9.17, 15) is 19.2 Å². The lowest BCUT2D eigenvalue weighted by Gasteiger charge is -2.26. The first kappa shape index (κ1) is 53.1. The molecule has 1 fully saturated rings. The van der Waals surface area contributed by atoms with Gasteiger partial charge >= 0.3 is 0 Å². The molecule has 0 bridgehead atoms. The highest BCUT2D eigenvalue weighted by Crippen LogP contribution is 2.20. The highest BCUT2D eigenvalue weighted by molar-refractivity contribution is 5.94. The molecule has 0 saturated carbocycles. The summed E-state index contributed by atoms with van der Waals surface area (Å²) < 4.78 is 22.6. The number of aryl methyl sites for hydroxylation is 4. The number of carbonyl (C=O) groups is 4. The van der Waals surface area contributed by atoms with Crippen LogP contribution in [0, 0.1) is 27.7 Å². The number of nitrogens with one attached hydrogen (secondary N) is 2. The first-order valence-electron chi connectivity index (χ1n) is 19.9. The van der Waals surface area contributed by atoms with Crippen molar-refractivity contribution in [3.8, 4) is 0 Å². The van der Waals surface area contributed by atoms with Crippen molar-refractivity contribution in [3.05, 3.63) is 58.7 Å². The fourth-order valence-electron chi connectivity index (χ4n) is 5.79. The lowest BCUT2D eigenvalue weighted by atomic mass is 10.1. The number of hydrogen-bond acceptors (Lipinski definition) is 10. The molecule has 0 spiro atoms. The predicted molar refractivity (Wildman–Crippen MR) is 229 cm³/mol. The van der Waals surface area contributed by atoms with E-state index in [-0.39, 0.29) is 84.0 Å². The Bertz CT molecular complexity index is 1290. The molecule has 0 aromatic heterocycles. The Labute approximate surface area is 343 Å². The zero-order chi connectivity index (χ0) is 41.9. The van der Waals surface area contributed by atoms with Crippen LogP contribution in [0.3, 0.4) is 0 Å². The standard InChI is InChI=1S/C38H58N6O8.2C2H6.CH4/c1-29-11-7-12-30(2)37(29)39-33(45)23-41(5)25-35(47)43-15-9-19-49-28-52-22-18-44(16-10-20-50-27-51-21-17-43)36(48)26-42(6)24-34(46)40-38-31(3)13-8-14-32(38)4;2*1-2;/h7-8,11-14H,9-10,15-28H2,1-6H3,(H,39,45)(H,40,46);2*1-2H3;1H4. The molecule has 1 aliphatic rings. The molecule has 1 heterocycles. The minimum atomic E-state index is -0.185. The molecule has 14 nitrogen and oxygen atoms in total. The maximum absolute atomic E-state index is 13.2. The number of amides is 4. The smallest absolute Gasteiger partial charge is 0.238 e. The highest BCUT2D eigenvalue weighted by atomic mass is 16.7. The summed E-state index contributed by atoms with van der Waals surface area (Å²) in [4.78, 5) is 58.7. The third kappa shape index (κ3) is 21.4. The number of para-hydroxylation sites is 2. The van der Waals surface area contributed by atoms with Crippen LogP contribution in [-0.2, 0) is 38.1 Å². The Hall–Kier alpha value is -3.92. The van der Waals surface area contributed by atoms with Gasteiger partial charge in [0, 0.05) is 37.6 Å². The third-order valence-electron chi connectivity index (χ3n) is 8.61. The van der Waals surface area contributed by atoms with Gasteiger partial charge in [-0.2, -0.15) is 0 Å². The number of hydrogen-bond donors (Lipinski definition) is 2. The molecule has 324 valence electrons. The Kier molecular flexibility index (Phi) is 29.0. The molecule has 57 heavy (non-hydrogen) atoms. The first-order chi connectivity index (χ1) is 26.9. The van der Waals surface area contributed by atoms with E-state index < -0.39 is 0 Å². The third-order valence-corrected chi connectivity index (χ3v) is 8.61. The quantitative estimate of drug-likeness (QED) is 0.317. The van der Waals surface area contributed by atoms with Gasteiger partial charge in [0.05, 0.1) is 52.6 Å². The van der Waals surface area contributed by atoms with Crippen LogP contribution >= 0.6 is 0 Å². The van der Waals surface area contributed by atoms with Gasteiger partial charge in [-0.3, -0.25) is 29.0 Å². The molecular weight excluding hydrogens is 729 g/mol. The van der Waals surface area contributed by atoms with Crippen LogP contribution in [0.25, 0.3) is 0 Å². The lowest BCUT2D eigenvalue weighted by Crippen LogP contribution is -2.43. The van der Waals surface area contributed by atoms with Gasteiger partial charge in [-0.1, -0.05) is 71.5 Å². The summed E-state index contributed by atoms with van der Waals surface area (Å²) in [5.41, 5.74) is 5.52. The number of rotatable bonds is 10. The maximum Gasteiger partial charge on any atom is 0.238 e. The van der Waals surface area contributed by atoms with E-state index in [1.54, 1.807) is 33.7 Å². The molecule has 3 rings (SSSR count). The second kappa shape index (κ2) is 31.1. The number of anilines is 2. The molecule has 0 atom stereocenters. The van der Waals surface area contributed by atoms with Gasteiger partial charge in [-0.05, 0) is 76.9 Å². The molecule has 2 aromatic carbocycles. The van der Waals surface area contributed by atoms with Gasteiger partial charge in [-0.25, -0.2) is 0 Å². The van der Waals surface area contributed by atoms with E-state index in [1.807, 2.05) is 91.8 Å². The van der Waals surface area contributed by atoms with Crippen LogP contribution in [0.2, 0.25) is 0 Å². The maximum atomic E-state index is 13.2.